The van der Waals surface area contributed by atoms with Crippen molar-refractivity contribution in [2.24, 2.45) is 5.92 Å². The molecule has 1 N–H and O–H groups in total. The molecule has 2 saturated heterocycles. The highest BCUT2D eigenvalue weighted by Crippen LogP contribution is 2.27. The van der Waals surface area contributed by atoms with E-state index >= 15 is 0 Å². The lowest BCUT2D eigenvalue weighted by Gasteiger charge is -2.37. The van der Waals surface area contributed by atoms with Gasteiger partial charge in [0.15, 0.2) is 0 Å². The van der Waals surface area contributed by atoms with Crippen molar-refractivity contribution in [3.05, 3.63) is 0 Å². The number of amides is 1. The van der Waals surface area contributed by atoms with Gasteiger partial charge in [0.05, 0.1) is 0 Å². The van der Waals surface area contributed by atoms with Gasteiger partial charge in [-0.1, -0.05) is 0 Å². The Morgan fingerprint density at radius 1 is 1.44 bits per heavy atom. The molecule has 2 aliphatic rings. The van der Waals surface area contributed by atoms with E-state index in [0.29, 0.717) is 17.9 Å². The van der Waals surface area contributed by atoms with Gasteiger partial charge in [0, 0.05) is 30.8 Å². The van der Waals surface area contributed by atoms with Gasteiger partial charge in [0.2, 0.25) is 5.91 Å². The van der Waals surface area contributed by atoms with Gasteiger partial charge in [-0.05, 0) is 38.5 Å². The van der Waals surface area contributed by atoms with Gasteiger partial charge in [-0.15, -0.1) is 0 Å². The van der Waals surface area contributed by atoms with Gasteiger partial charge < -0.3 is 10.2 Å². The highest BCUT2D eigenvalue weighted by Gasteiger charge is 2.32. The molecule has 1 amide bonds. The SMILES string of the molecule is CNCC1CCCCN1C(=O)C1CCSC1. The number of hydrogen-bond donors (Lipinski definition) is 1. The number of piperidine rings is 1. The van der Waals surface area contributed by atoms with E-state index in [9.17, 15) is 4.79 Å². The third kappa shape index (κ3) is 2.72. The van der Waals surface area contributed by atoms with Crippen molar-refractivity contribution in [3.8, 4) is 0 Å². The molecule has 92 valence electrons. The predicted molar refractivity (Wildman–Crippen MR) is 68.7 cm³/mol. The Balaban J connectivity index is 1.95. The van der Waals surface area contributed by atoms with E-state index in [-0.39, 0.29) is 0 Å². The number of thioether (sulfide) groups is 1. The quantitative estimate of drug-likeness (QED) is 0.810. The van der Waals surface area contributed by atoms with Gasteiger partial charge in [-0.25, -0.2) is 0 Å². The first-order valence-corrected chi connectivity index (χ1v) is 7.51. The molecule has 0 aliphatic carbocycles. The zero-order valence-electron chi connectivity index (χ0n) is 10.1. The summed E-state index contributed by atoms with van der Waals surface area (Å²) in [5.41, 5.74) is 0. The lowest BCUT2D eigenvalue weighted by atomic mass is 9.98. The number of rotatable bonds is 3. The Morgan fingerprint density at radius 2 is 2.31 bits per heavy atom. The lowest BCUT2D eigenvalue weighted by Crippen LogP contribution is -2.50. The topological polar surface area (TPSA) is 32.3 Å². The van der Waals surface area contributed by atoms with E-state index in [4.69, 9.17) is 0 Å². The summed E-state index contributed by atoms with van der Waals surface area (Å²) in [6, 6.07) is 0.442. The Morgan fingerprint density at radius 3 is 3.00 bits per heavy atom. The molecular weight excluding hydrogens is 220 g/mol. The second-order valence-electron chi connectivity index (χ2n) is 4.80. The van der Waals surface area contributed by atoms with Crippen LogP contribution >= 0.6 is 11.8 Å². The molecule has 0 spiro atoms. The van der Waals surface area contributed by atoms with Crippen LogP contribution in [0.3, 0.4) is 0 Å². The third-order valence-electron chi connectivity index (χ3n) is 3.63. The maximum Gasteiger partial charge on any atom is 0.226 e. The van der Waals surface area contributed by atoms with E-state index in [1.807, 2.05) is 18.8 Å². The van der Waals surface area contributed by atoms with Crippen molar-refractivity contribution in [2.45, 2.75) is 31.7 Å². The number of likely N-dealkylation sites (tertiary alicyclic amines) is 1. The Kier molecular flexibility index (Phi) is 4.53. The number of likely N-dealkylation sites (N-methyl/N-ethyl adjacent to an activating group) is 1. The molecule has 0 aromatic rings. The zero-order chi connectivity index (χ0) is 11.4. The van der Waals surface area contributed by atoms with Crippen molar-refractivity contribution < 1.29 is 4.79 Å². The fourth-order valence-corrected chi connectivity index (χ4v) is 3.91. The fraction of sp³-hybridized carbons (Fsp3) is 0.917. The monoisotopic (exact) mass is 242 g/mol. The van der Waals surface area contributed by atoms with Crippen molar-refractivity contribution in [2.75, 3.05) is 31.6 Å². The van der Waals surface area contributed by atoms with Crippen LogP contribution in [0.4, 0.5) is 0 Å². The maximum absolute atomic E-state index is 12.4. The van der Waals surface area contributed by atoms with E-state index in [2.05, 4.69) is 10.2 Å². The minimum absolute atomic E-state index is 0.308. The summed E-state index contributed by atoms with van der Waals surface area (Å²) in [6.07, 6.45) is 4.72. The molecule has 0 bridgehead atoms. The van der Waals surface area contributed by atoms with Gasteiger partial charge in [0.25, 0.3) is 0 Å². The van der Waals surface area contributed by atoms with E-state index in [0.717, 1.165) is 25.3 Å². The summed E-state index contributed by atoms with van der Waals surface area (Å²) in [5, 5.41) is 3.21. The summed E-state index contributed by atoms with van der Waals surface area (Å²) < 4.78 is 0. The molecule has 2 rings (SSSR count). The zero-order valence-corrected chi connectivity index (χ0v) is 10.9. The first-order valence-electron chi connectivity index (χ1n) is 6.35. The van der Waals surface area contributed by atoms with Crippen molar-refractivity contribution in [1.29, 1.82) is 0 Å². The van der Waals surface area contributed by atoms with Crippen molar-refractivity contribution >= 4 is 17.7 Å². The van der Waals surface area contributed by atoms with Gasteiger partial charge in [-0.2, -0.15) is 11.8 Å². The van der Waals surface area contributed by atoms with E-state index < -0.39 is 0 Å². The maximum atomic E-state index is 12.4. The standard InChI is InChI=1S/C12H22N2OS/c1-13-8-11-4-2-3-6-14(11)12(15)10-5-7-16-9-10/h10-11,13H,2-9H2,1H3. The molecule has 2 fully saturated rings. The summed E-state index contributed by atoms with van der Waals surface area (Å²) in [6.45, 7) is 1.93. The molecule has 0 aromatic carbocycles. The Bertz CT molecular complexity index is 239. The number of nitrogens with one attached hydrogen (secondary N) is 1. The van der Waals surface area contributed by atoms with E-state index in [1.165, 1.54) is 25.0 Å². The highest BCUT2D eigenvalue weighted by atomic mass is 32.2. The van der Waals surface area contributed by atoms with Crippen LogP contribution in [-0.4, -0.2) is 48.5 Å². The highest BCUT2D eigenvalue weighted by molar-refractivity contribution is 7.99. The first-order chi connectivity index (χ1) is 7.83. The van der Waals surface area contributed by atoms with Crippen LogP contribution in [0.5, 0.6) is 0 Å². The summed E-state index contributed by atoms with van der Waals surface area (Å²) in [4.78, 5) is 14.5. The predicted octanol–water partition coefficient (Wildman–Crippen LogP) is 1.34. The number of carbonyl (C=O) groups is 1. The smallest absolute Gasteiger partial charge is 0.226 e. The molecule has 0 aromatic heterocycles. The normalized spacial score (nSPS) is 30.7. The van der Waals surface area contributed by atoms with Gasteiger partial charge >= 0.3 is 0 Å². The molecule has 3 nitrogen and oxygen atoms in total. The van der Waals surface area contributed by atoms with Crippen molar-refractivity contribution in [1.82, 2.24) is 10.2 Å². The van der Waals surface area contributed by atoms with Crippen LogP contribution in [0, 0.1) is 5.92 Å². The first kappa shape index (κ1) is 12.2. The summed E-state index contributed by atoms with van der Waals surface area (Å²) >= 11 is 1.93. The number of carbonyl (C=O) groups excluding carboxylic acids is 1. The number of hydrogen-bond acceptors (Lipinski definition) is 3. The average molecular weight is 242 g/mol. The minimum Gasteiger partial charge on any atom is -0.338 e. The van der Waals surface area contributed by atoms with Crippen LogP contribution < -0.4 is 5.32 Å². The number of nitrogens with zero attached hydrogens (tertiary/aromatic N) is 1. The molecule has 2 aliphatic heterocycles. The van der Waals surface area contributed by atoms with Gasteiger partial charge in [0.1, 0.15) is 0 Å². The molecular formula is C12H22N2OS. The molecule has 2 unspecified atom stereocenters. The van der Waals surface area contributed by atoms with E-state index in [1.54, 1.807) is 0 Å². The lowest BCUT2D eigenvalue weighted by molar-refractivity contribution is -0.138. The molecule has 0 radical (unpaired) electrons. The van der Waals surface area contributed by atoms with Crippen molar-refractivity contribution in [3.63, 3.8) is 0 Å². The molecule has 16 heavy (non-hydrogen) atoms. The molecule has 2 atom stereocenters. The summed E-state index contributed by atoms with van der Waals surface area (Å²) in [5.74, 6) is 2.94. The Labute approximate surface area is 102 Å². The largest absolute Gasteiger partial charge is 0.338 e. The second kappa shape index (κ2) is 5.92. The van der Waals surface area contributed by atoms with Crippen LogP contribution in [0.15, 0.2) is 0 Å². The minimum atomic E-state index is 0.308. The average Bonchev–Trinajstić information content (AvgIpc) is 2.83. The fourth-order valence-electron chi connectivity index (χ4n) is 2.70. The Hall–Kier alpha value is -0.220. The van der Waals surface area contributed by atoms with Crippen LogP contribution in [0.2, 0.25) is 0 Å². The molecule has 4 heteroatoms. The molecule has 0 saturated carbocycles. The van der Waals surface area contributed by atoms with Crippen LogP contribution in [0.25, 0.3) is 0 Å². The van der Waals surface area contributed by atoms with Crippen LogP contribution in [0.1, 0.15) is 25.7 Å². The van der Waals surface area contributed by atoms with Crippen LogP contribution in [-0.2, 0) is 4.79 Å². The second-order valence-corrected chi connectivity index (χ2v) is 5.95. The molecule has 2 heterocycles. The summed E-state index contributed by atoms with van der Waals surface area (Å²) in [7, 11) is 1.97. The third-order valence-corrected chi connectivity index (χ3v) is 4.79. The van der Waals surface area contributed by atoms with Gasteiger partial charge in [-0.3, -0.25) is 4.79 Å².